The topological polar surface area (TPSA) is 52.8 Å². The predicted octanol–water partition coefficient (Wildman–Crippen LogP) is 5.59. The van der Waals surface area contributed by atoms with E-state index in [0.717, 1.165) is 23.4 Å². The van der Waals surface area contributed by atoms with Crippen LogP contribution in [-0.4, -0.2) is 29.4 Å². The molecule has 0 aliphatic heterocycles. The maximum atomic E-state index is 13.3. The number of carbonyl (C=O) groups excluding carboxylic acids is 1. The van der Waals surface area contributed by atoms with Gasteiger partial charge in [-0.05, 0) is 66.3 Å². The number of hydrogen-bond donors (Lipinski definition) is 0. The van der Waals surface area contributed by atoms with Gasteiger partial charge in [0, 0.05) is 11.8 Å². The minimum Gasteiger partial charge on any atom is -0.493 e. The third kappa shape index (κ3) is 4.67. The van der Waals surface area contributed by atoms with Crippen molar-refractivity contribution in [2.45, 2.75) is 0 Å². The zero-order chi connectivity index (χ0) is 23.4. The van der Waals surface area contributed by atoms with Crippen molar-refractivity contribution in [3.05, 3.63) is 95.8 Å². The van der Waals surface area contributed by atoms with E-state index in [1.807, 2.05) is 40.9 Å². The zero-order valence-electron chi connectivity index (χ0n) is 18.0. The van der Waals surface area contributed by atoms with Gasteiger partial charge in [-0.1, -0.05) is 18.2 Å². The number of imidazole rings is 1. The van der Waals surface area contributed by atoms with Crippen molar-refractivity contribution in [3.8, 4) is 22.8 Å². The fourth-order valence-corrected chi connectivity index (χ4v) is 3.41. The van der Waals surface area contributed by atoms with Gasteiger partial charge in [-0.2, -0.15) is 0 Å². The number of rotatable bonds is 7. The summed E-state index contributed by atoms with van der Waals surface area (Å²) in [6.07, 6.45) is 7.60. The molecule has 0 fully saturated rings. The summed E-state index contributed by atoms with van der Waals surface area (Å²) in [5.74, 6) is -1.06. The van der Waals surface area contributed by atoms with Gasteiger partial charge in [-0.15, -0.1) is 0 Å². The summed E-state index contributed by atoms with van der Waals surface area (Å²) in [6.45, 7) is 0. The second-order valence-electron chi connectivity index (χ2n) is 7.09. The summed E-state index contributed by atoms with van der Waals surface area (Å²) < 4.78 is 39.1. The van der Waals surface area contributed by atoms with Gasteiger partial charge >= 0.3 is 0 Å². The molecule has 0 spiro atoms. The molecule has 7 heteroatoms. The molecule has 5 nitrogen and oxygen atoms in total. The van der Waals surface area contributed by atoms with E-state index < -0.39 is 11.6 Å². The first-order chi connectivity index (χ1) is 16.0. The summed E-state index contributed by atoms with van der Waals surface area (Å²) >= 11 is 0. The van der Waals surface area contributed by atoms with Gasteiger partial charge in [0.1, 0.15) is 5.65 Å². The molecule has 0 saturated heterocycles. The van der Waals surface area contributed by atoms with Crippen molar-refractivity contribution < 1.29 is 23.0 Å². The number of benzene rings is 2. The minimum absolute atomic E-state index is 0.324. The molecule has 166 valence electrons. The Labute approximate surface area is 189 Å². The molecule has 4 rings (SSSR count). The third-order valence-corrected chi connectivity index (χ3v) is 5.00. The van der Waals surface area contributed by atoms with Gasteiger partial charge < -0.3 is 9.47 Å². The van der Waals surface area contributed by atoms with Crippen LogP contribution in [0.2, 0.25) is 0 Å². The Morgan fingerprint density at radius 2 is 1.70 bits per heavy atom. The molecule has 2 heterocycles. The highest BCUT2D eigenvalue weighted by Crippen LogP contribution is 2.34. The molecule has 0 N–H and O–H groups in total. The largest absolute Gasteiger partial charge is 0.493 e. The quantitative estimate of drug-likeness (QED) is 0.347. The van der Waals surface area contributed by atoms with E-state index in [-0.39, 0.29) is 5.78 Å². The number of fused-ring (bicyclic) bond motifs is 1. The van der Waals surface area contributed by atoms with Crippen LogP contribution in [0.5, 0.6) is 11.5 Å². The van der Waals surface area contributed by atoms with Gasteiger partial charge in [-0.3, -0.25) is 9.20 Å². The maximum absolute atomic E-state index is 13.3. The van der Waals surface area contributed by atoms with Crippen molar-refractivity contribution in [2.75, 3.05) is 14.2 Å². The number of ether oxygens (including phenoxy) is 2. The molecular formula is C26H20F2N2O3. The minimum atomic E-state index is -0.968. The normalized spacial score (nSPS) is 11.5. The Morgan fingerprint density at radius 1 is 0.909 bits per heavy atom. The van der Waals surface area contributed by atoms with E-state index in [1.165, 1.54) is 24.3 Å². The Bertz CT molecular complexity index is 1390. The Kier molecular flexibility index (Phi) is 6.31. The fraction of sp³-hybridized carbons (Fsp3) is 0.0769. The maximum Gasteiger partial charge on any atom is 0.178 e. The van der Waals surface area contributed by atoms with Crippen molar-refractivity contribution in [1.82, 2.24) is 9.38 Å². The van der Waals surface area contributed by atoms with Crippen LogP contribution in [0.4, 0.5) is 8.78 Å². The molecule has 0 unspecified atom stereocenters. The van der Waals surface area contributed by atoms with Gasteiger partial charge in [0.05, 0.1) is 25.6 Å². The van der Waals surface area contributed by atoms with Crippen molar-refractivity contribution in [1.29, 1.82) is 0 Å². The van der Waals surface area contributed by atoms with Crippen LogP contribution in [-0.2, 0) is 4.79 Å². The molecule has 0 saturated carbocycles. The number of aromatic nitrogens is 2. The van der Waals surface area contributed by atoms with Crippen molar-refractivity contribution in [2.24, 2.45) is 0 Å². The number of nitrogens with zero attached hydrogens (tertiary/aromatic N) is 2. The fourth-order valence-electron chi connectivity index (χ4n) is 3.41. The molecular weight excluding hydrogens is 426 g/mol. The lowest BCUT2D eigenvalue weighted by Crippen LogP contribution is -1.93. The third-order valence-electron chi connectivity index (χ3n) is 5.00. The summed E-state index contributed by atoms with van der Waals surface area (Å²) in [6, 6.07) is 14.6. The van der Waals surface area contributed by atoms with E-state index in [4.69, 9.17) is 9.47 Å². The van der Waals surface area contributed by atoms with E-state index in [1.54, 1.807) is 26.4 Å². The van der Waals surface area contributed by atoms with Crippen LogP contribution in [0, 0.1) is 11.6 Å². The van der Waals surface area contributed by atoms with E-state index in [2.05, 4.69) is 4.98 Å². The number of ketones is 1. The molecule has 4 aromatic rings. The Balaban J connectivity index is 1.68. The van der Waals surface area contributed by atoms with Crippen LogP contribution >= 0.6 is 0 Å². The lowest BCUT2D eigenvalue weighted by Gasteiger charge is -2.10. The molecule has 0 radical (unpaired) electrons. The number of methoxy groups -OCH3 is 2. The number of halogens is 2. The number of carbonyl (C=O) groups is 1. The Hall–Kier alpha value is -4.26. The smallest absolute Gasteiger partial charge is 0.178 e. The summed E-state index contributed by atoms with van der Waals surface area (Å²) in [7, 11) is 3.13. The highest BCUT2D eigenvalue weighted by Gasteiger charge is 2.15. The second-order valence-corrected chi connectivity index (χ2v) is 7.09. The van der Waals surface area contributed by atoms with Gasteiger partial charge in [0.2, 0.25) is 0 Å². The lowest BCUT2D eigenvalue weighted by atomic mass is 10.1. The molecule has 0 bridgehead atoms. The van der Waals surface area contributed by atoms with Crippen molar-refractivity contribution in [3.63, 3.8) is 0 Å². The van der Waals surface area contributed by atoms with Crippen LogP contribution in [0.25, 0.3) is 29.1 Å². The molecule has 33 heavy (non-hydrogen) atoms. The van der Waals surface area contributed by atoms with E-state index in [0.29, 0.717) is 28.4 Å². The SMILES string of the molecule is COc1ccc(-c2c(/C=C/C(=O)/C=C/c3ccc(F)c(F)c3)nc3ccccn23)cc1OC. The standard InChI is InChI=1S/C26H20F2N2O3/c1-32-23-13-8-18(16-24(23)33-2)26-22(29-25-5-3-4-14-30(25)26)12-10-19(31)9-6-17-7-11-20(27)21(28)15-17/h3-16H,1-2H3/b9-6+,12-10+. The average molecular weight is 446 g/mol. The highest BCUT2D eigenvalue weighted by molar-refractivity contribution is 6.04. The lowest BCUT2D eigenvalue weighted by molar-refractivity contribution is -0.110. The summed E-state index contributed by atoms with van der Waals surface area (Å²) in [5, 5.41) is 0. The monoisotopic (exact) mass is 446 g/mol. The van der Waals surface area contributed by atoms with Crippen LogP contribution in [0.15, 0.2) is 72.9 Å². The number of hydrogen-bond acceptors (Lipinski definition) is 4. The molecule has 2 aromatic carbocycles. The molecule has 0 aliphatic carbocycles. The summed E-state index contributed by atoms with van der Waals surface area (Å²) in [4.78, 5) is 17.0. The van der Waals surface area contributed by atoms with Crippen molar-refractivity contribution >= 4 is 23.6 Å². The first-order valence-corrected chi connectivity index (χ1v) is 10.0. The van der Waals surface area contributed by atoms with E-state index in [9.17, 15) is 13.6 Å². The number of allylic oxidation sites excluding steroid dienone is 2. The summed E-state index contributed by atoms with van der Waals surface area (Å²) in [5.41, 5.74) is 3.29. The van der Waals surface area contributed by atoms with Gasteiger partial charge in [0.15, 0.2) is 28.9 Å². The molecule has 0 amide bonds. The van der Waals surface area contributed by atoms with Crippen LogP contribution in [0.3, 0.4) is 0 Å². The predicted molar refractivity (Wildman–Crippen MR) is 123 cm³/mol. The first-order valence-electron chi connectivity index (χ1n) is 10.0. The molecule has 0 aliphatic rings. The van der Waals surface area contributed by atoms with Gasteiger partial charge in [-0.25, -0.2) is 13.8 Å². The molecule has 0 atom stereocenters. The van der Waals surface area contributed by atoms with E-state index >= 15 is 0 Å². The first kappa shape index (κ1) is 22.0. The van der Waals surface area contributed by atoms with Crippen LogP contribution < -0.4 is 9.47 Å². The highest BCUT2D eigenvalue weighted by atomic mass is 19.2. The second kappa shape index (κ2) is 9.48. The average Bonchev–Trinajstić information content (AvgIpc) is 3.21. The van der Waals surface area contributed by atoms with Crippen LogP contribution in [0.1, 0.15) is 11.3 Å². The zero-order valence-corrected chi connectivity index (χ0v) is 18.0. The number of pyridine rings is 1. The molecule has 2 aromatic heterocycles. The van der Waals surface area contributed by atoms with Gasteiger partial charge in [0.25, 0.3) is 0 Å². The Morgan fingerprint density at radius 3 is 2.45 bits per heavy atom.